The van der Waals surface area contributed by atoms with Gasteiger partial charge in [0, 0.05) is 0 Å². The largest absolute Gasteiger partial charge is 0.480 e. The van der Waals surface area contributed by atoms with Gasteiger partial charge in [0.05, 0.1) is 0 Å². The molecule has 8 heteroatoms. The Morgan fingerprint density at radius 2 is 2.29 bits per heavy atom. The van der Waals surface area contributed by atoms with E-state index in [9.17, 15) is 9.59 Å². The van der Waals surface area contributed by atoms with Crippen molar-refractivity contribution >= 4 is 17.8 Å². The summed E-state index contributed by atoms with van der Waals surface area (Å²) in [4.78, 5) is 25.1. The summed E-state index contributed by atoms with van der Waals surface area (Å²) in [5.41, 5.74) is 5.16. The van der Waals surface area contributed by atoms with Crippen molar-refractivity contribution in [1.82, 2.24) is 20.5 Å². The summed E-state index contributed by atoms with van der Waals surface area (Å²) in [7, 11) is 0. The Balaban J connectivity index is 2.63. The molecule has 0 aliphatic carbocycles. The minimum atomic E-state index is -1.13. The number of carboxylic acids is 1. The van der Waals surface area contributed by atoms with Crippen LogP contribution in [0, 0.1) is 0 Å². The lowest BCUT2D eigenvalue weighted by Crippen LogP contribution is -2.38. The van der Waals surface area contributed by atoms with Gasteiger partial charge in [-0.1, -0.05) is 0 Å². The summed E-state index contributed by atoms with van der Waals surface area (Å²) >= 11 is 0. The fourth-order valence-electron chi connectivity index (χ4n) is 0.703. The Labute approximate surface area is 78.5 Å². The van der Waals surface area contributed by atoms with Crippen LogP contribution in [0.4, 0.5) is 5.95 Å². The van der Waals surface area contributed by atoms with Gasteiger partial charge in [-0.25, -0.2) is 0 Å². The molecule has 0 aliphatic rings. The molecular formula is C6H9N5O3. The highest BCUT2D eigenvalue weighted by Gasteiger charge is 2.17. The maximum absolute atomic E-state index is 11.2. The third kappa shape index (κ3) is 2.19. The van der Waals surface area contributed by atoms with Crippen LogP contribution in [0.15, 0.2) is 0 Å². The van der Waals surface area contributed by atoms with Crippen molar-refractivity contribution in [3.63, 3.8) is 0 Å². The number of aliphatic carboxylic acids is 1. The maximum Gasteiger partial charge on any atom is 0.325 e. The maximum atomic E-state index is 11.2. The molecule has 1 rings (SSSR count). The van der Waals surface area contributed by atoms with E-state index in [0.717, 1.165) is 0 Å². The number of nitrogen functional groups attached to an aromatic ring is 1. The molecule has 1 aromatic rings. The molecular weight excluding hydrogens is 190 g/mol. The number of hydrogen-bond donors (Lipinski definition) is 4. The molecule has 0 unspecified atom stereocenters. The van der Waals surface area contributed by atoms with E-state index in [1.54, 1.807) is 0 Å². The van der Waals surface area contributed by atoms with E-state index in [2.05, 4.69) is 20.5 Å². The predicted molar refractivity (Wildman–Crippen MR) is 45.4 cm³/mol. The zero-order valence-electron chi connectivity index (χ0n) is 7.31. The first-order chi connectivity index (χ1) is 6.50. The molecule has 14 heavy (non-hydrogen) atoms. The first-order valence-corrected chi connectivity index (χ1v) is 3.72. The molecule has 1 aromatic heterocycles. The van der Waals surface area contributed by atoms with E-state index in [-0.39, 0.29) is 11.8 Å². The van der Waals surface area contributed by atoms with Crippen molar-refractivity contribution in [2.45, 2.75) is 13.0 Å². The quantitative estimate of drug-likeness (QED) is 0.472. The zero-order valence-corrected chi connectivity index (χ0v) is 7.31. The van der Waals surface area contributed by atoms with Crippen LogP contribution in [0.1, 0.15) is 17.5 Å². The van der Waals surface area contributed by atoms with Crippen molar-refractivity contribution in [1.29, 1.82) is 0 Å². The number of anilines is 1. The number of nitrogens with one attached hydrogen (secondary N) is 2. The second-order valence-corrected chi connectivity index (χ2v) is 2.58. The Hall–Kier alpha value is -2.12. The van der Waals surface area contributed by atoms with Gasteiger partial charge >= 0.3 is 5.97 Å². The Morgan fingerprint density at radius 3 is 2.71 bits per heavy atom. The highest BCUT2D eigenvalue weighted by molar-refractivity contribution is 5.93. The van der Waals surface area contributed by atoms with Gasteiger partial charge in [-0.05, 0) is 6.92 Å². The molecule has 0 fully saturated rings. The first-order valence-electron chi connectivity index (χ1n) is 3.72. The molecule has 5 N–H and O–H groups in total. The molecule has 1 atom stereocenters. The summed E-state index contributed by atoms with van der Waals surface area (Å²) in [5.74, 6) is -1.98. The van der Waals surface area contributed by atoms with Crippen LogP contribution in [-0.2, 0) is 4.79 Å². The van der Waals surface area contributed by atoms with Crippen LogP contribution < -0.4 is 11.1 Å². The molecule has 1 amide bonds. The molecule has 0 saturated carbocycles. The number of aromatic amines is 1. The lowest BCUT2D eigenvalue weighted by Gasteiger charge is -2.06. The summed E-state index contributed by atoms with van der Waals surface area (Å²) in [5, 5.41) is 16.4. The van der Waals surface area contributed by atoms with Gasteiger partial charge in [-0.2, -0.15) is 4.98 Å². The summed E-state index contributed by atoms with van der Waals surface area (Å²) in [6.07, 6.45) is 0. The number of H-pyrrole nitrogens is 1. The lowest BCUT2D eigenvalue weighted by molar-refractivity contribution is -0.138. The van der Waals surface area contributed by atoms with Gasteiger partial charge in [0.2, 0.25) is 11.8 Å². The van der Waals surface area contributed by atoms with Gasteiger partial charge in [0.1, 0.15) is 6.04 Å². The van der Waals surface area contributed by atoms with Crippen LogP contribution in [0.3, 0.4) is 0 Å². The molecule has 0 aromatic carbocycles. The third-order valence-electron chi connectivity index (χ3n) is 1.44. The number of nitrogens with two attached hydrogens (primary N) is 1. The second-order valence-electron chi connectivity index (χ2n) is 2.58. The lowest BCUT2D eigenvalue weighted by atomic mass is 10.3. The molecule has 1 heterocycles. The number of rotatable bonds is 3. The minimum absolute atomic E-state index is 0.0712. The van der Waals surface area contributed by atoms with Crippen molar-refractivity contribution in [3.8, 4) is 0 Å². The number of hydrogen-bond acceptors (Lipinski definition) is 5. The number of carboxylic acid groups (broad SMARTS) is 1. The number of nitrogens with zero attached hydrogens (tertiary/aromatic N) is 2. The van der Waals surface area contributed by atoms with E-state index in [4.69, 9.17) is 10.8 Å². The van der Waals surface area contributed by atoms with Gasteiger partial charge < -0.3 is 16.2 Å². The molecule has 0 aliphatic heterocycles. The van der Waals surface area contributed by atoms with Crippen LogP contribution >= 0.6 is 0 Å². The monoisotopic (exact) mass is 199 g/mol. The predicted octanol–water partition coefficient (Wildman–Crippen LogP) is -1.41. The summed E-state index contributed by atoms with van der Waals surface area (Å²) in [6.45, 7) is 1.33. The third-order valence-corrected chi connectivity index (χ3v) is 1.44. The number of carbonyl (C=O) groups excluding carboxylic acids is 1. The van der Waals surface area contributed by atoms with Gasteiger partial charge in [-0.3, -0.25) is 14.7 Å². The summed E-state index contributed by atoms with van der Waals surface area (Å²) < 4.78 is 0. The average molecular weight is 199 g/mol. The van der Waals surface area contributed by atoms with Crippen LogP contribution in [0.25, 0.3) is 0 Å². The van der Waals surface area contributed by atoms with E-state index in [1.807, 2.05) is 0 Å². The normalized spacial score (nSPS) is 12.1. The first kappa shape index (κ1) is 9.96. The Morgan fingerprint density at radius 1 is 1.64 bits per heavy atom. The Bertz CT molecular complexity index is 360. The fraction of sp³-hybridized carbons (Fsp3) is 0.333. The van der Waals surface area contributed by atoms with Crippen molar-refractivity contribution in [2.75, 3.05) is 5.73 Å². The molecule has 0 bridgehead atoms. The number of carbonyl (C=O) groups is 2. The van der Waals surface area contributed by atoms with Gasteiger partial charge in [-0.15, -0.1) is 5.10 Å². The molecule has 0 saturated heterocycles. The van der Waals surface area contributed by atoms with Gasteiger partial charge in [0.25, 0.3) is 5.91 Å². The van der Waals surface area contributed by atoms with E-state index < -0.39 is 17.9 Å². The van der Waals surface area contributed by atoms with Crippen molar-refractivity contribution in [3.05, 3.63) is 5.82 Å². The minimum Gasteiger partial charge on any atom is -0.480 e. The van der Waals surface area contributed by atoms with Gasteiger partial charge in [0.15, 0.2) is 0 Å². The molecule has 76 valence electrons. The molecule has 0 spiro atoms. The van der Waals surface area contributed by atoms with E-state index >= 15 is 0 Å². The van der Waals surface area contributed by atoms with Crippen LogP contribution in [-0.4, -0.2) is 38.2 Å². The zero-order chi connectivity index (χ0) is 10.7. The molecule has 0 radical (unpaired) electrons. The van der Waals surface area contributed by atoms with E-state index in [1.165, 1.54) is 6.92 Å². The highest BCUT2D eigenvalue weighted by Crippen LogP contribution is 1.93. The Kier molecular flexibility index (Phi) is 2.65. The van der Waals surface area contributed by atoms with Crippen LogP contribution in [0.5, 0.6) is 0 Å². The van der Waals surface area contributed by atoms with Crippen molar-refractivity contribution < 1.29 is 14.7 Å². The number of amides is 1. The highest BCUT2D eigenvalue weighted by atomic mass is 16.4. The SMILES string of the molecule is C[C@H](NC(=O)c1nc(N)n[nH]1)C(=O)O. The number of aromatic nitrogens is 3. The van der Waals surface area contributed by atoms with E-state index in [0.29, 0.717) is 0 Å². The standard InChI is InChI=1S/C6H9N5O3/c1-2(5(13)14)8-4(12)3-9-6(7)11-10-3/h2H,1H3,(H,8,12)(H,13,14)(H3,7,9,10,11)/t2-/m0/s1. The summed E-state index contributed by atoms with van der Waals surface area (Å²) in [6, 6.07) is -0.992. The second kappa shape index (κ2) is 3.73. The topological polar surface area (TPSA) is 134 Å². The molecule has 8 nitrogen and oxygen atoms in total. The smallest absolute Gasteiger partial charge is 0.325 e. The van der Waals surface area contributed by atoms with Crippen molar-refractivity contribution in [2.24, 2.45) is 0 Å². The average Bonchev–Trinajstić information content (AvgIpc) is 2.51. The fourth-order valence-corrected chi connectivity index (χ4v) is 0.703. The van der Waals surface area contributed by atoms with Crippen LogP contribution in [0.2, 0.25) is 0 Å².